The molecule has 1 N–H and O–H groups in total. The largest absolute Gasteiger partial charge is 0.495 e. The highest BCUT2D eigenvalue weighted by molar-refractivity contribution is 9.11. The smallest absolute Gasteiger partial charge is 0.137 e. The van der Waals surface area contributed by atoms with E-state index >= 15 is 0 Å². The Balaban J connectivity index is 2.75. The van der Waals surface area contributed by atoms with Crippen LogP contribution in [0.5, 0.6) is 5.75 Å². The van der Waals surface area contributed by atoms with Gasteiger partial charge in [-0.2, -0.15) is 11.8 Å². The molecule has 0 heterocycles. The first kappa shape index (κ1) is 15.3. The van der Waals surface area contributed by atoms with Gasteiger partial charge in [0.1, 0.15) is 5.75 Å². The van der Waals surface area contributed by atoms with Gasteiger partial charge in [-0.15, -0.1) is 0 Å². The zero-order chi connectivity index (χ0) is 12.8. The molecule has 0 spiro atoms. The lowest BCUT2D eigenvalue weighted by Gasteiger charge is -2.15. The highest BCUT2D eigenvalue weighted by Crippen LogP contribution is 2.32. The topological polar surface area (TPSA) is 21.3 Å². The molecule has 2 nitrogen and oxygen atoms in total. The first-order chi connectivity index (χ1) is 8.08. The Labute approximate surface area is 124 Å². The summed E-state index contributed by atoms with van der Waals surface area (Å²) in [5.74, 6) is 2.01. The molecule has 1 atom stereocenters. The van der Waals surface area contributed by atoms with Gasteiger partial charge in [0.25, 0.3) is 0 Å². The van der Waals surface area contributed by atoms with E-state index in [2.05, 4.69) is 56.4 Å². The molecule has 0 aliphatic heterocycles. The number of nitrogens with one attached hydrogen (secondary N) is 1. The fourth-order valence-corrected chi connectivity index (χ4v) is 3.66. The Morgan fingerprint density at radius 3 is 2.71 bits per heavy atom. The fourth-order valence-electron chi connectivity index (χ4n) is 1.57. The van der Waals surface area contributed by atoms with Crippen molar-refractivity contribution in [2.24, 2.45) is 0 Å². The minimum absolute atomic E-state index is 0.493. The number of methoxy groups -OCH3 is 1. The van der Waals surface area contributed by atoms with Gasteiger partial charge in [0.2, 0.25) is 0 Å². The third kappa shape index (κ3) is 4.81. The molecule has 0 aromatic heterocycles. The molecule has 0 amide bonds. The average Bonchev–Trinajstić information content (AvgIpc) is 2.26. The molecular formula is C12H17Br2NOS. The molecule has 1 aromatic rings. The van der Waals surface area contributed by atoms with E-state index < -0.39 is 0 Å². The van der Waals surface area contributed by atoms with Crippen LogP contribution in [-0.2, 0) is 6.54 Å². The standard InChI is InChI=1S/C12H17Br2NOS/c1-8(7-17-3)15-6-9-4-10(13)5-11(14)12(9)16-2/h4-5,8,15H,6-7H2,1-3H3. The second-order valence-corrected chi connectivity index (χ2v) is 6.50. The van der Waals surface area contributed by atoms with E-state index in [9.17, 15) is 0 Å². The van der Waals surface area contributed by atoms with Crippen molar-refractivity contribution < 1.29 is 4.74 Å². The first-order valence-corrected chi connectivity index (χ1v) is 8.30. The number of hydrogen-bond acceptors (Lipinski definition) is 3. The maximum Gasteiger partial charge on any atom is 0.137 e. The van der Waals surface area contributed by atoms with E-state index in [0.717, 1.165) is 32.6 Å². The molecule has 0 aliphatic rings. The monoisotopic (exact) mass is 381 g/mol. The fraction of sp³-hybridized carbons (Fsp3) is 0.500. The summed E-state index contributed by atoms with van der Waals surface area (Å²) in [5.41, 5.74) is 1.15. The van der Waals surface area contributed by atoms with Gasteiger partial charge in [-0.25, -0.2) is 0 Å². The Hall–Kier alpha value is 0.290. The maximum absolute atomic E-state index is 5.41. The number of halogens is 2. The van der Waals surface area contributed by atoms with Crippen molar-refractivity contribution in [3.63, 3.8) is 0 Å². The van der Waals surface area contributed by atoms with Crippen LogP contribution < -0.4 is 10.1 Å². The van der Waals surface area contributed by atoms with Crippen molar-refractivity contribution in [2.75, 3.05) is 19.1 Å². The van der Waals surface area contributed by atoms with E-state index in [1.54, 1.807) is 7.11 Å². The van der Waals surface area contributed by atoms with Gasteiger partial charge in [0.15, 0.2) is 0 Å². The normalized spacial score (nSPS) is 12.5. The van der Waals surface area contributed by atoms with Crippen LogP contribution in [0.15, 0.2) is 21.1 Å². The molecule has 17 heavy (non-hydrogen) atoms. The molecule has 0 aliphatic carbocycles. The van der Waals surface area contributed by atoms with E-state index in [1.807, 2.05) is 17.8 Å². The number of hydrogen-bond donors (Lipinski definition) is 1. The van der Waals surface area contributed by atoms with Gasteiger partial charge in [-0.1, -0.05) is 15.9 Å². The van der Waals surface area contributed by atoms with Gasteiger partial charge in [-0.3, -0.25) is 0 Å². The van der Waals surface area contributed by atoms with E-state index in [0.29, 0.717) is 6.04 Å². The van der Waals surface area contributed by atoms with E-state index in [-0.39, 0.29) is 0 Å². The van der Waals surface area contributed by atoms with Crippen LogP contribution in [0.4, 0.5) is 0 Å². The quantitative estimate of drug-likeness (QED) is 0.801. The Kier molecular flexibility index (Phi) is 6.92. The predicted octanol–water partition coefficient (Wildman–Crippen LogP) is 4.06. The molecule has 1 aromatic carbocycles. The Morgan fingerprint density at radius 2 is 2.12 bits per heavy atom. The van der Waals surface area contributed by atoms with Crippen molar-refractivity contribution >= 4 is 43.6 Å². The lowest BCUT2D eigenvalue weighted by atomic mass is 10.2. The van der Waals surface area contributed by atoms with Crippen LogP contribution in [0.1, 0.15) is 12.5 Å². The van der Waals surface area contributed by atoms with Gasteiger partial charge < -0.3 is 10.1 Å². The highest BCUT2D eigenvalue weighted by atomic mass is 79.9. The van der Waals surface area contributed by atoms with E-state index in [4.69, 9.17) is 4.74 Å². The van der Waals surface area contributed by atoms with Crippen LogP contribution in [0.25, 0.3) is 0 Å². The van der Waals surface area contributed by atoms with E-state index in [1.165, 1.54) is 0 Å². The number of benzene rings is 1. The summed E-state index contributed by atoms with van der Waals surface area (Å²) >= 11 is 8.85. The molecule has 1 unspecified atom stereocenters. The summed E-state index contributed by atoms with van der Waals surface area (Å²) in [5, 5.41) is 3.49. The summed E-state index contributed by atoms with van der Waals surface area (Å²) < 4.78 is 7.44. The lowest BCUT2D eigenvalue weighted by Crippen LogP contribution is -2.27. The molecule has 96 valence electrons. The van der Waals surface area contributed by atoms with Crippen LogP contribution in [0, 0.1) is 0 Å². The zero-order valence-corrected chi connectivity index (χ0v) is 14.2. The summed E-state index contributed by atoms with van der Waals surface area (Å²) in [6.07, 6.45) is 2.12. The van der Waals surface area contributed by atoms with Crippen molar-refractivity contribution in [1.29, 1.82) is 0 Å². The summed E-state index contributed by atoms with van der Waals surface area (Å²) in [7, 11) is 1.70. The molecule has 0 fully saturated rings. The van der Waals surface area contributed by atoms with Crippen LogP contribution in [0.2, 0.25) is 0 Å². The molecule has 0 radical (unpaired) electrons. The third-order valence-corrected chi connectivity index (χ3v) is 4.23. The van der Waals surface area contributed by atoms with Gasteiger partial charge >= 0.3 is 0 Å². The van der Waals surface area contributed by atoms with Crippen molar-refractivity contribution in [2.45, 2.75) is 19.5 Å². The Bertz CT molecular complexity index is 374. The van der Waals surface area contributed by atoms with Gasteiger partial charge in [0.05, 0.1) is 11.6 Å². The predicted molar refractivity (Wildman–Crippen MR) is 83.1 cm³/mol. The maximum atomic E-state index is 5.41. The zero-order valence-electron chi connectivity index (χ0n) is 10.2. The third-order valence-electron chi connectivity index (χ3n) is 2.35. The van der Waals surface area contributed by atoms with Crippen LogP contribution in [-0.4, -0.2) is 25.2 Å². The molecule has 1 rings (SSSR count). The number of ether oxygens (including phenoxy) is 1. The molecular weight excluding hydrogens is 366 g/mol. The van der Waals surface area contributed by atoms with Crippen LogP contribution in [0.3, 0.4) is 0 Å². The summed E-state index contributed by atoms with van der Waals surface area (Å²) in [6, 6.07) is 4.57. The minimum atomic E-state index is 0.493. The minimum Gasteiger partial charge on any atom is -0.495 e. The molecule has 0 bridgehead atoms. The highest BCUT2D eigenvalue weighted by Gasteiger charge is 2.10. The molecule has 5 heteroatoms. The van der Waals surface area contributed by atoms with Crippen LogP contribution >= 0.6 is 43.6 Å². The molecule has 0 saturated carbocycles. The summed E-state index contributed by atoms with van der Waals surface area (Å²) in [6.45, 7) is 3.00. The second-order valence-electron chi connectivity index (χ2n) is 3.82. The van der Waals surface area contributed by atoms with Gasteiger partial charge in [0, 0.05) is 28.4 Å². The van der Waals surface area contributed by atoms with Crippen molar-refractivity contribution in [1.82, 2.24) is 5.32 Å². The number of thioether (sulfide) groups is 1. The SMILES string of the molecule is COc1c(Br)cc(Br)cc1CNC(C)CSC. The molecule has 0 saturated heterocycles. The number of rotatable bonds is 6. The first-order valence-electron chi connectivity index (χ1n) is 5.32. The average molecular weight is 383 g/mol. The summed E-state index contributed by atoms with van der Waals surface area (Å²) in [4.78, 5) is 0. The second kappa shape index (κ2) is 7.67. The van der Waals surface area contributed by atoms with Crippen molar-refractivity contribution in [3.8, 4) is 5.75 Å². The van der Waals surface area contributed by atoms with Crippen molar-refractivity contribution in [3.05, 3.63) is 26.6 Å². The Morgan fingerprint density at radius 1 is 1.41 bits per heavy atom. The van der Waals surface area contributed by atoms with Gasteiger partial charge in [-0.05, 0) is 41.2 Å². The lowest BCUT2D eigenvalue weighted by molar-refractivity contribution is 0.404.